The molecule has 1 aromatic heterocycles. The van der Waals surface area contributed by atoms with Crippen molar-refractivity contribution in [2.75, 3.05) is 23.7 Å². The van der Waals surface area contributed by atoms with Gasteiger partial charge in [-0.3, -0.25) is 0 Å². The Kier molecular flexibility index (Phi) is 3.42. The third-order valence-electron chi connectivity index (χ3n) is 3.77. The molecular weight excluding hydrogens is 254 g/mol. The summed E-state index contributed by atoms with van der Waals surface area (Å²) in [6.07, 6.45) is 3.45. The topological polar surface area (TPSA) is 42.2 Å². The fourth-order valence-electron chi connectivity index (χ4n) is 2.73. The third kappa shape index (κ3) is 2.59. The van der Waals surface area contributed by atoms with Crippen LogP contribution in [0.2, 0.25) is 0 Å². The number of aromatic nitrogens is 1. The molecule has 3 rings (SSSR count). The number of anilines is 2. The van der Waals surface area contributed by atoms with Crippen molar-refractivity contribution in [1.29, 1.82) is 0 Å². The molecule has 19 heavy (non-hydrogen) atoms. The Labute approximate surface area is 118 Å². The van der Waals surface area contributed by atoms with Gasteiger partial charge in [0.05, 0.1) is 11.2 Å². The highest BCUT2D eigenvalue weighted by Gasteiger charge is 2.17. The lowest BCUT2D eigenvalue weighted by atomic mass is 10.0. The molecule has 0 spiro atoms. The summed E-state index contributed by atoms with van der Waals surface area (Å²) in [6.45, 7) is 4.31. The highest BCUT2D eigenvalue weighted by Crippen LogP contribution is 2.29. The highest BCUT2D eigenvalue weighted by molar-refractivity contribution is 7.09. The molecule has 1 aromatic carbocycles. The summed E-state index contributed by atoms with van der Waals surface area (Å²) in [6, 6.07) is 6.30. The first kappa shape index (κ1) is 12.5. The largest absolute Gasteiger partial charge is 0.399 e. The minimum absolute atomic E-state index is 0.874. The molecule has 100 valence electrons. The van der Waals surface area contributed by atoms with E-state index in [0.717, 1.165) is 31.6 Å². The maximum absolute atomic E-state index is 5.87. The molecule has 0 aliphatic carbocycles. The van der Waals surface area contributed by atoms with Crippen LogP contribution in [0.15, 0.2) is 23.7 Å². The van der Waals surface area contributed by atoms with Crippen LogP contribution in [0.4, 0.5) is 11.4 Å². The molecule has 3 nitrogen and oxygen atoms in total. The number of nitrogens with two attached hydrogens (primary N) is 1. The van der Waals surface area contributed by atoms with Crippen molar-refractivity contribution in [1.82, 2.24) is 4.98 Å². The maximum atomic E-state index is 5.87. The summed E-state index contributed by atoms with van der Waals surface area (Å²) >= 11 is 1.76. The molecule has 2 N–H and O–H groups in total. The second kappa shape index (κ2) is 5.21. The Morgan fingerprint density at radius 1 is 1.42 bits per heavy atom. The van der Waals surface area contributed by atoms with Gasteiger partial charge in [-0.05, 0) is 43.5 Å². The lowest BCUT2D eigenvalue weighted by Gasteiger charge is -2.31. The van der Waals surface area contributed by atoms with Gasteiger partial charge < -0.3 is 10.6 Å². The molecular formula is C15H19N3S. The number of benzene rings is 1. The van der Waals surface area contributed by atoms with Gasteiger partial charge in [-0.15, -0.1) is 11.3 Å². The summed E-state index contributed by atoms with van der Waals surface area (Å²) in [5.41, 5.74) is 12.6. The molecule has 1 aliphatic rings. The average Bonchev–Trinajstić information content (AvgIpc) is 2.81. The number of rotatable bonds is 3. The number of thiazole rings is 1. The summed E-state index contributed by atoms with van der Waals surface area (Å²) in [4.78, 5) is 8.21. The van der Waals surface area contributed by atoms with Crippen LogP contribution in [0, 0.1) is 6.92 Å². The maximum Gasteiger partial charge on any atom is 0.0797 e. The van der Waals surface area contributed by atoms with E-state index >= 15 is 0 Å². The van der Waals surface area contributed by atoms with Gasteiger partial charge in [0.25, 0.3) is 0 Å². The molecule has 0 amide bonds. The molecule has 0 fully saturated rings. The Balaban J connectivity index is 1.75. The second-order valence-corrected chi connectivity index (χ2v) is 6.03. The number of fused-ring (bicyclic) bond motifs is 1. The molecule has 0 saturated carbocycles. The van der Waals surface area contributed by atoms with Crippen LogP contribution in [0.1, 0.15) is 22.6 Å². The molecule has 2 heterocycles. The zero-order valence-electron chi connectivity index (χ0n) is 11.2. The Bertz CT molecular complexity index is 577. The van der Waals surface area contributed by atoms with E-state index in [2.05, 4.69) is 28.9 Å². The fourth-order valence-corrected chi connectivity index (χ4v) is 3.50. The number of hydrogen-bond donors (Lipinski definition) is 1. The second-order valence-electron chi connectivity index (χ2n) is 5.09. The lowest BCUT2D eigenvalue weighted by molar-refractivity contribution is 0.689. The molecule has 1 aliphatic heterocycles. The van der Waals surface area contributed by atoms with Crippen molar-refractivity contribution in [3.63, 3.8) is 0 Å². The Morgan fingerprint density at radius 3 is 3.11 bits per heavy atom. The summed E-state index contributed by atoms with van der Waals surface area (Å²) in [5.74, 6) is 0. The highest BCUT2D eigenvalue weighted by atomic mass is 32.1. The molecule has 0 radical (unpaired) electrons. The SMILES string of the molecule is Cc1ncsc1CCN1CCCc2cc(N)ccc21. The van der Waals surface area contributed by atoms with Crippen molar-refractivity contribution in [2.45, 2.75) is 26.2 Å². The first-order valence-electron chi connectivity index (χ1n) is 6.76. The van der Waals surface area contributed by atoms with E-state index in [1.54, 1.807) is 11.3 Å². The van der Waals surface area contributed by atoms with Gasteiger partial charge in [-0.25, -0.2) is 4.98 Å². The molecule has 0 atom stereocenters. The minimum atomic E-state index is 0.874. The fraction of sp³-hybridized carbons (Fsp3) is 0.400. The van der Waals surface area contributed by atoms with Crippen LogP contribution in [0.3, 0.4) is 0 Å². The zero-order chi connectivity index (χ0) is 13.2. The van der Waals surface area contributed by atoms with E-state index in [-0.39, 0.29) is 0 Å². The predicted molar refractivity (Wildman–Crippen MR) is 81.9 cm³/mol. The van der Waals surface area contributed by atoms with Crippen LogP contribution in [-0.2, 0) is 12.8 Å². The van der Waals surface area contributed by atoms with Crippen LogP contribution in [0.5, 0.6) is 0 Å². The number of nitrogen functional groups attached to an aromatic ring is 1. The van der Waals surface area contributed by atoms with E-state index in [9.17, 15) is 0 Å². The van der Waals surface area contributed by atoms with Crippen LogP contribution in [0.25, 0.3) is 0 Å². The Morgan fingerprint density at radius 2 is 2.32 bits per heavy atom. The predicted octanol–water partition coefficient (Wildman–Crippen LogP) is 3.03. The van der Waals surface area contributed by atoms with E-state index in [4.69, 9.17) is 5.73 Å². The van der Waals surface area contributed by atoms with Crippen molar-refractivity contribution < 1.29 is 0 Å². The van der Waals surface area contributed by atoms with Crippen LogP contribution < -0.4 is 10.6 Å². The quantitative estimate of drug-likeness (QED) is 0.874. The molecule has 0 unspecified atom stereocenters. The van der Waals surface area contributed by atoms with Crippen molar-refractivity contribution in [2.24, 2.45) is 0 Å². The van der Waals surface area contributed by atoms with Gasteiger partial charge in [0, 0.05) is 35.8 Å². The number of hydrogen-bond acceptors (Lipinski definition) is 4. The van der Waals surface area contributed by atoms with Crippen LogP contribution in [-0.4, -0.2) is 18.1 Å². The summed E-state index contributed by atoms with van der Waals surface area (Å²) in [7, 11) is 0. The van der Waals surface area contributed by atoms with Crippen LogP contribution >= 0.6 is 11.3 Å². The molecule has 0 saturated heterocycles. The number of aryl methyl sites for hydroxylation is 2. The van der Waals surface area contributed by atoms with E-state index in [1.165, 1.54) is 28.2 Å². The van der Waals surface area contributed by atoms with Gasteiger partial charge in [-0.1, -0.05) is 0 Å². The average molecular weight is 273 g/mol. The van der Waals surface area contributed by atoms with Gasteiger partial charge in [0.1, 0.15) is 0 Å². The first-order chi connectivity index (χ1) is 9.24. The zero-order valence-corrected chi connectivity index (χ0v) is 12.0. The molecule has 0 bridgehead atoms. The van der Waals surface area contributed by atoms with Crippen molar-refractivity contribution in [3.8, 4) is 0 Å². The standard InChI is InChI=1S/C15H19N3S/c1-11-15(19-10-17-11)6-8-18-7-2-3-12-9-13(16)4-5-14(12)18/h4-5,9-10H,2-3,6-8,16H2,1H3. The van der Waals surface area contributed by atoms with Gasteiger partial charge in [-0.2, -0.15) is 0 Å². The smallest absolute Gasteiger partial charge is 0.0797 e. The normalized spacial score (nSPS) is 14.5. The Hall–Kier alpha value is -1.55. The van der Waals surface area contributed by atoms with E-state index in [0.29, 0.717) is 0 Å². The monoisotopic (exact) mass is 273 g/mol. The molecule has 4 heteroatoms. The first-order valence-corrected chi connectivity index (χ1v) is 7.64. The van der Waals surface area contributed by atoms with E-state index in [1.807, 2.05) is 11.6 Å². The van der Waals surface area contributed by atoms with Crippen molar-refractivity contribution >= 4 is 22.7 Å². The van der Waals surface area contributed by atoms with Crippen molar-refractivity contribution in [3.05, 3.63) is 39.8 Å². The number of nitrogens with zero attached hydrogens (tertiary/aromatic N) is 2. The minimum Gasteiger partial charge on any atom is -0.399 e. The van der Waals surface area contributed by atoms with E-state index < -0.39 is 0 Å². The van der Waals surface area contributed by atoms with Gasteiger partial charge in [0.15, 0.2) is 0 Å². The summed E-state index contributed by atoms with van der Waals surface area (Å²) in [5, 5.41) is 0. The lowest BCUT2D eigenvalue weighted by Crippen LogP contribution is -2.31. The third-order valence-corrected chi connectivity index (χ3v) is 4.77. The van der Waals surface area contributed by atoms with Gasteiger partial charge in [0.2, 0.25) is 0 Å². The summed E-state index contributed by atoms with van der Waals surface area (Å²) < 4.78 is 0. The van der Waals surface area contributed by atoms with Gasteiger partial charge >= 0.3 is 0 Å². The molecule has 2 aromatic rings.